The zero-order valence-corrected chi connectivity index (χ0v) is 11.1. The smallest absolute Gasteiger partial charge is 0.112 e. The standard InChI is InChI=1S/C15H20N2/c1-15(2,3)11-7-8-13-12(9-11)16-14(17(13)4)10-5-6-10/h7-10H,5-6H2,1-4H3. The van der Waals surface area contributed by atoms with Gasteiger partial charge in [-0.2, -0.15) is 0 Å². The summed E-state index contributed by atoms with van der Waals surface area (Å²) >= 11 is 0. The Morgan fingerprint density at radius 1 is 1.24 bits per heavy atom. The molecule has 0 aliphatic heterocycles. The second kappa shape index (κ2) is 3.34. The van der Waals surface area contributed by atoms with Gasteiger partial charge in [-0.05, 0) is 36.0 Å². The summed E-state index contributed by atoms with van der Waals surface area (Å²) in [6, 6.07) is 6.71. The molecule has 0 saturated heterocycles. The Morgan fingerprint density at radius 3 is 2.53 bits per heavy atom. The van der Waals surface area contributed by atoms with Crippen molar-refractivity contribution in [3.8, 4) is 0 Å². The molecule has 2 aromatic rings. The van der Waals surface area contributed by atoms with Crippen LogP contribution in [0.15, 0.2) is 18.2 Å². The van der Waals surface area contributed by atoms with E-state index < -0.39 is 0 Å². The summed E-state index contributed by atoms with van der Waals surface area (Å²) in [5.41, 5.74) is 3.98. The fourth-order valence-electron chi connectivity index (χ4n) is 2.39. The molecule has 0 bridgehead atoms. The lowest BCUT2D eigenvalue weighted by Crippen LogP contribution is -2.10. The predicted octanol–water partition coefficient (Wildman–Crippen LogP) is 3.75. The second-order valence-electron chi connectivity index (χ2n) is 6.26. The van der Waals surface area contributed by atoms with Gasteiger partial charge in [-0.15, -0.1) is 0 Å². The van der Waals surface area contributed by atoms with Crippen molar-refractivity contribution < 1.29 is 0 Å². The molecule has 1 heterocycles. The van der Waals surface area contributed by atoms with Crippen molar-refractivity contribution >= 4 is 11.0 Å². The first-order valence-corrected chi connectivity index (χ1v) is 6.43. The number of hydrogen-bond donors (Lipinski definition) is 0. The normalized spacial score (nSPS) is 16.7. The largest absolute Gasteiger partial charge is 0.331 e. The maximum atomic E-state index is 4.81. The highest BCUT2D eigenvalue weighted by Gasteiger charge is 2.28. The Hall–Kier alpha value is -1.31. The van der Waals surface area contributed by atoms with Crippen molar-refractivity contribution in [3.05, 3.63) is 29.6 Å². The van der Waals surface area contributed by atoms with Crippen LogP contribution in [0.2, 0.25) is 0 Å². The molecule has 1 fully saturated rings. The lowest BCUT2D eigenvalue weighted by Gasteiger charge is -2.18. The highest BCUT2D eigenvalue weighted by Crippen LogP contribution is 2.40. The first-order chi connectivity index (χ1) is 7.97. The predicted molar refractivity (Wildman–Crippen MR) is 71.4 cm³/mol. The molecule has 1 aromatic carbocycles. The molecule has 1 aliphatic rings. The number of aryl methyl sites for hydroxylation is 1. The van der Waals surface area contributed by atoms with Gasteiger partial charge >= 0.3 is 0 Å². The molecule has 2 nitrogen and oxygen atoms in total. The fourth-order valence-corrected chi connectivity index (χ4v) is 2.39. The zero-order chi connectivity index (χ0) is 12.2. The summed E-state index contributed by atoms with van der Waals surface area (Å²) in [6.07, 6.45) is 2.62. The highest BCUT2D eigenvalue weighted by atomic mass is 15.1. The Balaban J connectivity index is 2.17. The van der Waals surface area contributed by atoms with E-state index in [9.17, 15) is 0 Å². The van der Waals surface area contributed by atoms with Crippen molar-refractivity contribution in [1.29, 1.82) is 0 Å². The lowest BCUT2D eigenvalue weighted by molar-refractivity contribution is 0.591. The van der Waals surface area contributed by atoms with Gasteiger partial charge in [-0.25, -0.2) is 4.98 Å². The van der Waals surface area contributed by atoms with Gasteiger partial charge < -0.3 is 4.57 Å². The quantitative estimate of drug-likeness (QED) is 0.727. The average Bonchev–Trinajstić information content (AvgIpc) is 3.03. The van der Waals surface area contributed by atoms with Gasteiger partial charge in [0.25, 0.3) is 0 Å². The maximum Gasteiger partial charge on any atom is 0.112 e. The number of rotatable bonds is 1. The molecular formula is C15H20N2. The summed E-state index contributed by atoms with van der Waals surface area (Å²) in [5.74, 6) is 1.98. The number of fused-ring (bicyclic) bond motifs is 1. The molecule has 1 saturated carbocycles. The first-order valence-electron chi connectivity index (χ1n) is 6.43. The van der Waals surface area contributed by atoms with E-state index in [2.05, 4.69) is 50.6 Å². The van der Waals surface area contributed by atoms with Gasteiger partial charge in [0.2, 0.25) is 0 Å². The van der Waals surface area contributed by atoms with E-state index in [1.165, 1.54) is 29.7 Å². The van der Waals surface area contributed by atoms with Gasteiger partial charge in [-0.3, -0.25) is 0 Å². The summed E-state index contributed by atoms with van der Waals surface area (Å²) < 4.78 is 2.26. The highest BCUT2D eigenvalue weighted by molar-refractivity contribution is 5.77. The van der Waals surface area contributed by atoms with E-state index in [-0.39, 0.29) is 5.41 Å². The Morgan fingerprint density at radius 2 is 1.94 bits per heavy atom. The summed E-state index contributed by atoms with van der Waals surface area (Å²) in [6.45, 7) is 6.75. The molecule has 0 unspecified atom stereocenters. The number of benzene rings is 1. The molecule has 90 valence electrons. The summed E-state index contributed by atoms with van der Waals surface area (Å²) in [7, 11) is 2.14. The molecule has 3 rings (SSSR count). The topological polar surface area (TPSA) is 17.8 Å². The SMILES string of the molecule is Cn1c(C2CC2)nc2cc(C(C)(C)C)ccc21. The number of aromatic nitrogens is 2. The van der Waals surface area contributed by atoms with E-state index in [0.717, 1.165) is 5.52 Å². The molecule has 0 amide bonds. The third kappa shape index (κ3) is 1.76. The van der Waals surface area contributed by atoms with Crippen LogP contribution in [0.5, 0.6) is 0 Å². The number of nitrogens with zero attached hydrogens (tertiary/aromatic N) is 2. The molecule has 1 aliphatic carbocycles. The van der Waals surface area contributed by atoms with Crippen molar-refractivity contribution in [2.45, 2.75) is 44.9 Å². The zero-order valence-electron chi connectivity index (χ0n) is 11.1. The molecule has 0 spiro atoms. The third-order valence-electron chi connectivity index (χ3n) is 3.72. The minimum Gasteiger partial charge on any atom is -0.331 e. The number of hydrogen-bond acceptors (Lipinski definition) is 1. The van der Waals surface area contributed by atoms with Crippen LogP contribution in [0.25, 0.3) is 11.0 Å². The van der Waals surface area contributed by atoms with Crippen molar-refractivity contribution in [2.75, 3.05) is 0 Å². The third-order valence-corrected chi connectivity index (χ3v) is 3.72. The van der Waals surface area contributed by atoms with Gasteiger partial charge in [-0.1, -0.05) is 26.8 Å². The Bertz CT molecular complexity index is 568. The first kappa shape index (κ1) is 10.8. The molecule has 1 aromatic heterocycles. The molecule has 0 radical (unpaired) electrons. The van der Waals surface area contributed by atoms with Crippen LogP contribution >= 0.6 is 0 Å². The minimum absolute atomic E-state index is 0.200. The van der Waals surface area contributed by atoms with E-state index in [0.29, 0.717) is 5.92 Å². The second-order valence-corrected chi connectivity index (χ2v) is 6.26. The Kier molecular flexibility index (Phi) is 2.13. The van der Waals surface area contributed by atoms with Crippen molar-refractivity contribution in [3.63, 3.8) is 0 Å². The number of imidazole rings is 1. The Labute approximate surface area is 103 Å². The van der Waals surface area contributed by atoms with E-state index in [1.54, 1.807) is 0 Å². The minimum atomic E-state index is 0.200. The van der Waals surface area contributed by atoms with E-state index in [4.69, 9.17) is 4.98 Å². The van der Waals surface area contributed by atoms with Crippen molar-refractivity contribution in [1.82, 2.24) is 9.55 Å². The van der Waals surface area contributed by atoms with Crippen LogP contribution in [0.3, 0.4) is 0 Å². The fraction of sp³-hybridized carbons (Fsp3) is 0.533. The summed E-state index contributed by atoms with van der Waals surface area (Å²) in [5, 5.41) is 0. The van der Waals surface area contributed by atoms with E-state index in [1.807, 2.05) is 0 Å². The van der Waals surface area contributed by atoms with Crippen LogP contribution in [0.4, 0.5) is 0 Å². The van der Waals surface area contributed by atoms with Crippen LogP contribution in [-0.2, 0) is 12.5 Å². The average molecular weight is 228 g/mol. The lowest BCUT2D eigenvalue weighted by atomic mass is 9.87. The van der Waals surface area contributed by atoms with Crippen LogP contribution in [-0.4, -0.2) is 9.55 Å². The molecule has 0 N–H and O–H groups in total. The molecule has 17 heavy (non-hydrogen) atoms. The van der Waals surface area contributed by atoms with Crippen molar-refractivity contribution in [2.24, 2.45) is 7.05 Å². The maximum absolute atomic E-state index is 4.81. The van der Waals surface area contributed by atoms with Gasteiger partial charge in [0.1, 0.15) is 5.82 Å². The van der Waals surface area contributed by atoms with E-state index >= 15 is 0 Å². The monoisotopic (exact) mass is 228 g/mol. The van der Waals surface area contributed by atoms with Crippen LogP contribution < -0.4 is 0 Å². The van der Waals surface area contributed by atoms with Crippen LogP contribution in [0.1, 0.15) is 50.9 Å². The van der Waals surface area contributed by atoms with Gasteiger partial charge in [0.05, 0.1) is 11.0 Å². The molecule has 2 heteroatoms. The van der Waals surface area contributed by atoms with Gasteiger partial charge in [0, 0.05) is 13.0 Å². The molecular weight excluding hydrogens is 208 g/mol. The summed E-state index contributed by atoms with van der Waals surface area (Å²) in [4.78, 5) is 4.81. The van der Waals surface area contributed by atoms with Gasteiger partial charge in [0.15, 0.2) is 0 Å². The molecule has 0 atom stereocenters. The van der Waals surface area contributed by atoms with Crippen LogP contribution in [0, 0.1) is 0 Å².